The van der Waals surface area contributed by atoms with Crippen LogP contribution >= 0.6 is 11.6 Å². The molecule has 1 heterocycles. The highest BCUT2D eigenvalue weighted by Gasteiger charge is 2.44. The Kier molecular flexibility index (Phi) is 7.25. The van der Waals surface area contributed by atoms with Crippen molar-refractivity contribution in [3.63, 3.8) is 0 Å². The largest absolute Gasteiger partial charge is 0.490 e. The van der Waals surface area contributed by atoms with Gasteiger partial charge in [0.1, 0.15) is 18.0 Å². The average Bonchev–Trinajstić information content (AvgIpc) is 3.66. The van der Waals surface area contributed by atoms with Gasteiger partial charge in [0.15, 0.2) is 0 Å². The smallest absolute Gasteiger partial charge is 0.225 e. The van der Waals surface area contributed by atoms with E-state index in [1.54, 1.807) is 18.0 Å². The molecule has 176 valence electrons. The monoisotopic (exact) mass is 470 g/mol. The fourth-order valence-corrected chi connectivity index (χ4v) is 4.26. The van der Waals surface area contributed by atoms with E-state index in [1.807, 2.05) is 54.3 Å². The van der Waals surface area contributed by atoms with Crippen LogP contribution in [0.4, 0.5) is 0 Å². The zero-order valence-electron chi connectivity index (χ0n) is 19.3. The Hall–Kier alpha value is -2.57. The second-order valence-corrected chi connectivity index (χ2v) is 9.58. The molecule has 1 saturated carbocycles. The summed E-state index contributed by atoms with van der Waals surface area (Å²) in [5.41, 5.74) is 1.07. The van der Waals surface area contributed by atoms with Crippen LogP contribution in [0.25, 0.3) is 0 Å². The molecule has 0 N–H and O–H groups in total. The Morgan fingerprint density at radius 2 is 1.97 bits per heavy atom. The summed E-state index contributed by atoms with van der Waals surface area (Å²) in [6.07, 6.45) is 2.03. The summed E-state index contributed by atoms with van der Waals surface area (Å²) in [7, 11) is 1.79. The zero-order chi connectivity index (χ0) is 23.4. The second kappa shape index (κ2) is 10.1. The molecular formula is C26H31ClN2O4. The van der Waals surface area contributed by atoms with Crippen LogP contribution in [-0.2, 0) is 20.9 Å². The molecule has 4 rings (SSSR count). The van der Waals surface area contributed by atoms with Crippen molar-refractivity contribution < 1.29 is 19.1 Å². The number of rotatable bonds is 8. The lowest BCUT2D eigenvalue weighted by Gasteiger charge is -2.42. The van der Waals surface area contributed by atoms with E-state index >= 15 is 0 Å². The van der Waals surface area contributed by atoms with Gasteiger partial charge < -0.3 is 19.3 Å². The van der Waals surface area contributed by atoms with Crippen LogP contribution in [0.15, 0.2) is 48.5 Å². The first-order valence-electron chi connectivity index (χ1n) is 11.4. The van der Waals surface area contributed by atoms with Gasteiger partial charge in [0.2, 0.25) is 11.8 Å². The summed E-state index contributed by atoms with van der Waals surface area (Å²) in [4.78, 5) is 29.6. The number of halogens is 1. The van der Waals surface area contributed by atoms with Crippen LogP contribution in [-0.4, -0.2) is 60.6 Å². The summed E-state index contributed by atoms with van der Waals surface area (Å²) in [6, 6.07) is 15.3. The van der Waals surface area contributed by atoms with Crippen LogP contribution in [0.1, 0.15) is 30.4 Å². The molecule has 0 radical (unpaired) electrons. The molecule has 0 unspecified atom stereocenters. The van der Waals surface area contributed by atoms with E-state index in [9.17, 15) is 9.59 Å². The number of ether oxygens (including phenoxy) is 2. The van der Waals surface area contributed by atoms with E-state index < -0.39 is 5.60 Å². The van der Waals surface area contributed by atoms with Crippen LogP contribution in [0.2, 0.25) is 5.02 Å². The summed E-state index contributed by atoms with van der Waals surface area (Å²) in [6.45, 7) is 3.88. The van der Waals surface area contributed by atoms with Crippen molar-refractivity contribution in [2.75, 3.05) is 33.4 Å². The molecule has 1 aliphatic heterocycles. The van der Waals surface area contributed by atoms with Crippen LogP contribution < -0.4 is 4.74 Å². The fraction of sp³-hybridized carbons (Fsp3) is 0.462. The van der Waals surface area contributed by atoms with E-state index in [0.29, 0.717) is 37.0 Å². The van der Waals surface area contributed by atoms with Crippen molar-refractivity contribution >= 4 is 23.4 Å². The maximum atomic E-state index is 13.2. The summed E-state index contributed by atoms with van der Waals surface area (Å²) in [5.74, 6) is 0.901. The molecule has 2 aliphatic rings. The fourth-order valence-electron chi connectivity index (χ4n) is 4.14. The minimum Gasteiger partial charge on any atom is -0.490 e. The first-order chi connectivity index (χ1) is 15.8. The summed E-state index contributed by atoms with van der Waals surface area (Å²) >= 11 is 6.14. The standard InChI is InChI=1S/C26H31ClN2O4/c1-19-14-22(10-11-23(19)27)32-18-26(17-29(12-13-33-26)25(31)21-8-9-21)15-24(30)28(2)16-20-6-4-3-5-7-20/h3-7,10-11,14,21H,8-9,12-13,15-18H2,1-2H3/t26-/m0/s1. The van der Waals surface area contributed by atoms with Gasteiger partial charge in [-0.15, -0.1) is 0 Å². The predicted octanol–water partition coefficient (Wildman–Crippen LogP) is 4.08. The number of amides is 2. The third kappa shape index (κ3) is 6.06. The number of hydrogen-bond donors (Lipinski definition) is 0. The first kappa shape index (κ1) is 23.6. The Morgan fingerprint density at radius 3 is 2.67 bits per heavy atom. The third-order valence-electron chi connectivity index (χ3n) is 6.28. The Balaban J connectivity index is 1.49. The van der Waals surface area contributed by atoms with Gasteiger partial charge in [-0.05, 0) is 49.1 Å². The summed E-state index contributed by atoms with van der Waals surface area (Å²) in [5, 5.41) is 0.671. The molecule has 33 heavy (non-hydrogen) atoms. The number of carbonyl (C=O) groups excluding carboxylic acids is 2. The normalized spacial score (nSPS) is 20.4. The van der Waals surface area contributed by atoms with Gasteiger partial charge in [0, 0.05) is 31.1 Å². The van der Waals surface area contributed by atoms with Crippen molar-refractivity contribution in [1.82, 2.24) is 9.80 Å². The molecule has 2 aromatic rings. The van der Waals surface area contributed by atoms with Crippen molar-refractivity contribution in [2.24, 2.45) is 5.92 Å². The van der Waals surface area contributed by atoms with E-state index in [-0.39, 0.29) is 30.8 Å². The molecule has 7 heteroatoms. The van der Waals surface area contributed by atoms with E-state index in [2.05, 4.69) is 0 Å². The lowest BCUT2D eigenvalue weighted by molar-refractivity contribution is -0.166. The lowest BCUT2D eigenvalue weighted by Crippen LogP contribution is -2.58. The van der Waals surface area contributed by atoms with Crippen molar-refractivity contribution in [3.8, 4) is 5.75 Å². The number of morpholine rings is 1. The number of benzene rings is 2. The molecule has 1 saturated heterocycles. The Bertz CT molecular complexity index is 995. The molecule has 0 aromatic heterocycles. The molecule has 6 nitrogen and oxygen atoms in total. The molecule has 1 atom stereocenters. The Labute approximate surface area is 200 Å². The Morgan fingerprint density at radius 1 is 1.21 bits per heavy atom. The van der Waals surface area contributed by atoms with Crippen molar-refractivity contribution in [2.45, 2.75) is 38.3 Å². The van der Waals surface area contributed by atoms with Crippen LogP contribution in [0.3, 0.4) is 0 Å². The molecule has 0 spiro atoms. The number of aryl methyl sites for hydroxylation is 1. The minimum absolute atomic E-state index is 0.0459. The van der Waals surface area contributed by atoms with Crippen molar-refractivity contribution in [1.29, 1.82) is 0 Å². The van der Waals surface area contributed by atoms with Gasteiger partial charge in [-0.25, -0.2) is 0 Å². The van der Waals surface area contributed by atoms with E-state index in [0.717, 1.165) is 24.0 Å². The van der Waals surface area contributed by atoms with Crippen LogP contribution in [0, 0.1) is 12.8 Å². The molecule has 1 aliphatic carbocycles. The molecular weight excluding hydrogens is 440 g/mol. The van der Waals surface area contributed by atoms with Gasteiger partial charge in [-0.2, -0.15) is 0 Å². The van der Waals surface area contributed by atoms with Gasteiger partial charge in [-0.3, -0.25) is 9.59 Å². The van der Waals surface area contributed by atoms with Crippen LogP contribution in [0.5, 0.6) is 5.75 Å². The third-order valence-corrected chi connectivity index (χ3v) is 6.70. The average molecular weight is 471 g/mol. The molecule has 2 aromatic carbocycles. The SMILES string of the molecule is Cc1cc(OC[C@]2(CC(=O)N(C)Cc3ccccc3)CN(C(=O)C3CC3)CCO2)ccc1Cl. The number of hydrogen-bond acceptors (Lipinski definition) is 4. The highest BCUT2D eigenvalue weighted by Crippen LogP contribution is 2.34. The second-order valence-electron chi connectivity index (χ2n) is 9.18. The van der Waals surface area contributed by atoms with Crippen molar-refractivity contribution in [3.05, 3.63) is 64.7 Å². The highest BCUT2D eigenvalue weighted by atomic mass is 35.5. The first-order valence-corrected chi connectivity index (χ1v) is 11.8. The lowest BCUT2D eigenvalue weighted by atomic mass is 9.96. The number of carbonyl (C=O) groups is 2. The van der Waals surface area contributed by atoms with Gasteiger partial charge >= 0.3 is 0 Å². The van der Waals surface area contributed by atoms with E-state index in [1.165, 1.54) is 0 Å². The maximum Gasteiger partial charge on any atom is 0.225 e. The molecule has 2 fully saturated rings. The van der Waals surface area contributed by atoms with Gasteiger partial charge in [0.25, 0.3) is 0 Å². The number of nitrogens with zero attached hydrogens (tertiary/aromatic N) is 2. The van der Waals surface area contributed by atoms with E-state index in [4.69, 9.17) is 21.1 Å². The topological polar surface area (TPSA) is 59.1 Å². The summed E-state index contributed by atoms with van der Waals surface area (Å²) < 4.78 is 12.3. The zero-order valence-corrected chi connectivity index (χ0v) is 20.0. The van der Waals surface area contributed by atoms with Gasteiger partial charge in [0.05, 0.1) is 19.6 Å². The molecule has 2 amide bonds. The highest BCUT2D eigenvalue weighted by molar-refractivity contribution is 6.31. The quantitative estimate of drug-likeness (QED) is 0.583. The predicted molar refractivity (Wildman–Crippen MR) is 127 cm³/mol. The maximum absolute atomic E-state index is 13.2. The van der Waals surface area contributed by atoms with Gasteiger partial charge in [-0.1, -0.05) is 41.9 Å². The minimum atomic E-state index is -0.904. The molecule has 0 bridgehead atoms.